The summed E-state index contributed by atoms with van der Waals surface area (Å²) in [6.45, 7) is 9.84. The van der Waals surface area contributed by atoms with Gasteiger partial charge in [0.25, 0.3) is 10.0 Å². The van der Waals surface area contributed by atoms with E-state index in [1.165, 1.54) is 8.99 Å². The highest BCUT2D eigenvalue weighted by molar-refractivity contribution is 7.93. The molecule has 0 bridgehead atoms. The standard InChI is InChI=1S/C25H30N4O3S/c1-16(2)21-11-8-9-17(3)24(21)26-23(30)15-28-19(5)25(18(4)27-28)33(31,32)29-14-13-20-10-6-7-12-22(20)29/h6-12,16H,13-15H2,1-5H3,(H,26,30). The Balaban J connectivity index is 1.61. The Hall–Kier alpha value is -3.13. The lowest BCUT2D eigenvalue weighted by molar-refractivity contribution is -0.117. The van der Waals surface area contributed by atoms with Crippen molar-refractivity contribution in [3.05, 3.63) is 70.5 Å². The van der Waals surface area contributed by atoms with Crippen LogP contribution in [0.4, 0.5) is 11.4 Å². The van der Waals surface area contributed by atoms with Gasteiger partial charge < -0.3 is 5.32 Å². The van der Waals surface area contributed by atoms with E-state index in [4.69, 9.17) is 0 Å². The van der Waals surface area contributed by atoms with Gasteiger partial charge in [0.05, 0.1) is 17.1 Å². The molecule has 7 nitrogen and oxygen atoms in total. The summed E-state index contributed by atoms with van der Waals surface area (Å²) in [5.74, 6) is 0.0150. The Kier molecular flexibility index (Phi) is 6.05. The summed E-state index contributed by atoms with van der Waals surface area (Å²) in [5.41, 5.74) is 5.43. The Morgan fingerprint density at radius 2 is 1.82 bits per heavy atom. The lowest BCUT2D eigenvalue weighted by Gasteiger charge is -2.20. The number of hydrogen-bond acceptors (Lipinski definition) is 4. The van der Waals surface area contributed by atoms with Crippen LogP contribution >= 0.6 is 0 Å². The van der Waals surface area contributed by atoms with Crippen molar-refractivity contribution in [3.63, 3.8) is 0 Å². The first-order valence-corrected chi connectivity index (χ1v) is 12.6. The molecule has 0 fully saturated rings. The normalized spacial score (nSPS) is 13.5. The maximum atomic E-state index is 13.6. The molecular weight excluding hydrogens is 436 g/mol. The summed E-state index contributed by atoms with van der Waals surface area (Å²) in [6, 6.07) is 13.5. The maximum absolute atomic E-state index is 13.6. The molecule has 0 saturated carbocycles. The zero-order valence-electron chi connectivity index (χ0n) is 19.7. The molecule has 0 radical (unpaired) electrons. The molecule has 8 heteroatoms. The van der Waals surface area contributed by atoms with Crippen LogP contribution in [-0.4, -0.2) is 30.7 Å². The molecule has 0 unspecified atom stereocenters. The van der Waals surface area contributed by atoms with E-state index in [1.807, 2.05) is 49.4 Å². The molecule has 1 aliphatic rings. The summed E-state index contributed by atoms with van der Waals surface area (Å²) < 4.78 is 30.1. The summed E-state index contributed by atoms with van der Waals surface area (Å²) in [5, 5.41) is 7.43. The minimum Gasteiger partial charge on any atom is -0.324 e. The first-order valence-electron chi connectivity index (χ1n) is 11.1. The molecule has 3 aromatic rings. The third kappa shape index (κ3) is 4.15. The number of benzene rings is 2. The molecule has 33 heavy (non-hydrogen) atoms. The zero-order valence-corrected chi connectivity index (χ0v) is 20.5. The van der Waals surface area contributed by atoms with Crippen molar-refractivity contribution in [2.45, 2.75) is 58.4 Å². The number of fused-ring (bicyclic) bond motifs is 1. The second-order valence-electron chi connectivity index (χ2n) is 8.86. The summed E-state index contributed by atoms with van der Waals surface area (Å²) in [7, 11) is -3.79. The van der Waals surface area contributed by atoms with E-state index in [0.29, 0.717) is 30.0 Å². The molecule has 0 spiro atoms. The van der Waals surface area contributed by atoms with Gasteiger partial charge in [0, 0.05) is 12.2 Å². The third-order valence-corrected chi connectivity index (χ3v) is 8.26. The van der Waals surface area contributed by atoms with Crippen molar-refractivity contribution in [1.82, 2.24) is 9.78 Å². The fourth-order valence-electron chi connectivity index (χ4n) is 4.53. The van der Waals surface area contributed by atoms with Crippen LogP contribution in [0.5, 0.6) is 0 Å². The number of aryl methyl sites for hydroxylation is 2. The van der Waals surface area contributed by atoms with Gasteiger partial charge >= 0.3 is 0 Å². The van der Waals surface area contributed by atoms with E-state index in [-0.39, 0.29) is 23.3 Å². The van der Waals surface area contributed by atoms with Crippen LogP contribution in [0.3, 0.4) is 0 Å². The fourth-order valence-corrected chi connectivity index (χ4v) is 6.41. The van der Waals surface area contributed by atoms with E-state index in [0.717, 1.165) is 22.4 Å². The van der Waals surface area contributed by atoms with E-state index in [2.05, 4.69) is 24.3 Å². The highest BCUT2D eigenvalue weighted by Gasteiger charge is 2.35. The van der Waals surface area contributed by atoms with Gasteiger partial charge in [-0.2, -0.15) is 5.10 Å². The highest BCUT2D eigenvalue weighted by atomic mass is 32.2. The molecule has 4 rings (SSSR count). The topological polar surface area (TPSA) is 84.3 Å². The van der Waals surface area contributed by atoms with Crippen LogP contribution < -0.4 is 9.62 Å². The Bertz CT molecular complexity index is 1330. The lowest BCUT2D eigenvalue weighted by Crippen LogP contribution is -2.30. The Morgan fingerprint density at radius 1 is 1.09 bits per heavy atom. The monoisotopic (exact) mass is 466 g/mol. The molecule has 0 saturated heterocycles. The first kappa shape index (κ1) is 23.0. The summed E-state index contributed by atoms with van der Waals surface area (Å²) in [4.78, 5) is 13.1. The van der Waals surface area contributed by atoms with Crippen molar-refractivity contribution in [3.8, 4) is 0 Å². The first-order chi connectivity index (χ1) is 15.6. The van der Waals surface area contributed by atoms with Gasteiger partial charge in [-0.25, -0.2) is 8.42 Å². The van der Waals surface area contributed by atoms with Crippen molar-refractivity contribution in [2.24, 2.45) is 0 Å². The number of para-hydroxylation sites is 2. The smallest absolute Gasteiger partial charge is 0.268 e. The number of aromatic nitrogens is 2. The van der Waals surface area contributed by atoms with Crippen LogP contribution in [0.1, 0.15) is 47.8 Å². The molecule has 1 aliphatic heterocycles. The molecule has 2 aromatic carbocycles. The zero-order chi connectivity index (χ0) is 23.9. The van der Waals surface area contributed by atoms with Crippen LogP contribution in [0.2, 0.25) is 0 Å². The molecule has 1 amide bonds. The molecule has 2 heterocycles. The van der Waals surface area contributed by atoms with Gasteiger partial charge in [0.15, 0.2) is 0 Å². The predicted octanol–water partition coefficient (Wildman–Crippen LogP) is 4.32. The van der Waals surface area contributed by atoms with Crippen molar-refractivity contribution >= 4 is 27.3 Å². The summed E-state index contributed by atoms with van der Waals surface area (Å²) >= 11 is 0. The van der Waals surface area contributed by atoms with Gasteiger partial charge in [-0.3, -0.25) is 13.8 Å². The molecule has 0 atom stereocenters. The lowest BCUT2D eigenvalue weighted by atomic mass is 9.98. The molecule has 1 aromatic heterocycles. The van der Waals surface area contributed by atoms with Crippen LogP contribution in [0.25, 0.3) is 0 Å². The van der Waals surface area contributed by atoms with Gasteiger partial charge in [-0.15, -0.1) is 0 Å². The number of nitrogens with zero attached hydrogens (tertiary/aromatic N) is 3. The van der Waals surface area contributed by atoms with Gasteiger partial charge in [-0.05, 0) is 55.9 Å². The number of carbonyl (C=O) groups excluding carboxylic acids is 1. The summed E-state index contributed by atoms with van der Waals surface area (Å²) in [6.07, 6.45) is 0.679. The van der Waals surface area contributed by atoms with Crippen LogP contribution in [-0.2, 0) is 27.8 Å². The van der Waals surface area contributed by atoms with E-state index < -0.39 is 10.0 Å². The second kappa shape index (κ2) is 8.67. The Morgan fingerprint density at radius 3 is 2.55 bits per heavy atom. The van der Waals surface area contributed by atoms with E-state index >= 15 is 0 Å². The average Bonchev–Trinajstić information content (AvgIpc) is 3.30. The van der Waals surface area contributed by atoms with Gasteiger partial charge in [0.1, 0.15) is 11.4 Å². The van der Waals surface area contributed by atoms with Crippen molar-refractivity contribution in [1.29, 1.82) is 0 Å². The molecule has 1 N–H and O–H groups in total. The molecular formula is C25H30N4O3S. The molecule has 174 valence electrons. The number of hydrogen-bond donors (Lipinski definition) is 1. The Labute approximate surface area is 195 Å². The number of carbonyl (C=O) groups is 1. The number of nitrogens with one attached hydrogen (secondary N) is 1. The van der Waals surface area contributed by atoms with Crippen molar-refractivity contribution in [2.75, 3.05) is 16.2 Å². The van der Waals surface area contributed by atoms with Crippen molar-refractivity contribution < 1.29 is 13.2 Å². The van der Waals surface area contributed by atoms with Gasteiger partial charge in [-0.1, -0.05) is 50.2 Å². The largest absolute Gasteiger partial charge is 0.324 e. The second-order valence-corrected chi connectivity index (χ2v) is 10.7. The quantitative estimate of drug-likeness (QED) is 0.586. The number of amides is 1. The number of anilines is 2. The SMILES string of the molecule is Cc1cccc(C(C)C)c1NC(=O)Cn1nc(C)c(S(=O)(=O)N2CCc3ccccc32)c1C. The maximum Gasteiger partial charge on any atom is 0.268 e. The average molecular weight is 467 g/mol. The minimum absolute atomic E-state index is 0.0648. The minimum atomic E-state index is -3.79. The molecule has 0 aliphatic carbocycles. The van der Waals surface area contributed by atoms with E-state index in [1.54, 1.807) is 13.8 Å². The fraction of sp³-hybridized carbons (Fsp3) is 0.360. The van der Waals surface area contributed by atoms with Crippen LogP contribution in [0.15, 0.2) is 47.4 Å². The van der Waals surface area contributed by atoms with Gasteiger partial charge in [0.2, 0.25) is 5.91 Å². The number of sulfonamides is 1. The van der Waals surface area contributed by atoms with Crippen LogP contribution in [0, 0.1) is 20.8 Å². The number of rotatable bonds is 6. The van der Waals surface area contributed by atoms with E-state index in [9.17, 15) is 13.2 Å². The third-order valence-electron chi connectivity index (χ3n) is 6.19. The predicted molar refractivity (Wildman–Crippen MR) is 130 cm³/mol. The highest BCUT2D eigenvalue weighted by Crippen LogP contribution is 2.34.